The summed E-state index contributed by atoms with van der Waals surface area (Å²) in [4.78, 5) is 98.5. The fourth-order valence-corrected chi connectivity index (χ4v) is 6.68. The molecule has 0 spiro atoms. The first kappa shape index (κ1) is 103. The van der Waals surface area contributed by atoms with Crippen LogP contribution in [0.3, 0.4) is 0 Å². The van der Waals surface area contributed by atoms with E-state index in [0.717, 1.165) is 68.3 Å². The Bertz CT molecular complexity index is 3580. The third-order valence-corrected chi connectivity index (χ3v) is 9.35. The minimum atomic E-state index is -1.75. The van der Waals surface area contributed by atoms with E-state index in [9.17, 15) is 0 Å². The number of rotatable bonds is 0. The molecule has 18 N–H and O–H groups in total. The van der Waals surface area contributed by atoms with Crippen molar-refractivity contribution in [2.75, 3.05) is 0 Å². The Hall–Kier alpha value is -11.2. The molecule has 0 aliphatic rings. The van der Waals surface area contributed by atoms with Crippen molar-refractivity contribution in [2.24, 2.45) is 0 Å². The van der Waals surface area contributed by atoms with E-state index in [1.54, 1.807) is 27.1 Å². The van der Waals surface area contributed by atoms with E-state index in [4.69, 9.17) is 91.9 Å². The Morgan fingerprint density at radius 1 is 0.235 bits per heavy atom. The predicted octanol–water partition coefficient (Wildman–Crippen LogP) is -2.52. The molecule has 542 valence electrons. The van der Waals surface area contributed by atoms with Crippen LogP contribution < -0.4 is 0 Å². The van der Waals surface area contributed by atoms with Gasteiger partial charge < -0.3 is 125 Å². The Balaban J connectivity index is -0.000000153. The Kier molecular flexibility index (Phi) is 54.7. The number of hydrogen-bond donors (Lipinski definition) is 0. The largest absolute Gasteiger partial charge is 3.00 e. The molecule has 0 fully saturated rings. The van der Waals surface area contributed by atoms with Crippen LogP contribution in [0.4, 0.5) is 0 Å². The molecular weight excluding hydrogens is 1630 g/mol. The fraction of sp³-hybridized carbons (Fsp3) is 0.286. The average molecular weight is 1700 g/mol. The molecule has 0 aliphatic heterocycles. The molecule has 12 aromatic heterocycles. The molecule has 2 radical (unpaired) electrons. The van der Waals surface area contributed by atoms with Crippen molar-refractivity contribution in [1.29, 1.82) is 0 Å². The van der Waals surface area contributed by atoms with E-state index in [1.165, 1.54) is 38.0 Å². The maximum Gasteiger partial charge on any atom is 3.00 e. The average Bonchev–Trinajstić information content (AvgIpc) is 1.70. The third-order valence-electron chi connectivity index (χ3n) is 9.35. The van der Waals surface area contributed by atoms with Crippen LogP contribution in [0.5, 0.6) is 0 Å². The summed E-state index contributed by atoms with van der Waals surface area (Å²) in [5.41, 5.74) is 12.2. The van der Waals surface area contributed by atoms with Gasteiger partial charge in [0.05, 0.1) is 30.5 Å². The van der Waals surface area contributed by atoms with Crippen LogP contribution >= 0.6 is 0 Å². The van der Waals surface area contributed by atoms with Gasteiger partial charge in [-0.25, -0.2) is 57.0 Å². The van der Waals surface area contributed by atoms with Gasteiger partial charge in [0.1, 0.15) is 38.0 Å². The number of aromatic nitrogens is 24. The molecule has 12 heterocycles. The summed E-state index contributed by atoms with van der Waals surface area (Å²) < 4.78 is 10.3. The first-order chi connectivity index (χ1) is 42.0. The molecule has 56 heteroatoms. The van der Waals surface area contributed by atoms with Gasteiger partial charge in [-0.2, -0.15) is 60.5 Å². The molecule has 54 nitrogen and oxygen atoms in total. The minimum absolute atomic E-state index is 0. The number of nitrogens with zero attached hydrogens (tertiary/aromatic N) is 30. The summed E-state index contributed by atoms with van der Waals surface area (Å²) in [5.74, 6) is 4.01. The fourth-order valence-electron chi connectivity index (χ4n) is 6.68. The third kappa shape index (κ3) is 40.8. The zero-order valence-electron chi connectivity index (χ0n) is 52.8. The van der Waals surface area contributed by atoms with Gasteiger partial charge in [0.25, 0.3) is 34.7 Å². The molecule has 0 bridgehead atoms. The number of hydrogen-bond acceptors (Lipinski definition) is 36. The van der Waals surface area contributed by atoms with Gasteiger partial charge in [-0.3, -0.25) is 0 Å². The molecule has 0 unspecified atom stereocenters. The van der Waals surface area contributed by atoms with Gasteiger partial charge in [-0.05, 0) is 119 Å². The van der Waals surface area contributed by atoms with Crippen molar-refractivity contribution < 1.29 is 140 Å². The summed E-state index contributed by atoms with van der Waals surface area (Å²) in [6.07, 6.45) is 9.05. The van der Waals surface area contributed by atoms with Crippen LogP contribution in [-0.2, 0) is 32.9 Å². The summed E-state index contributed by atoms with van der Waals surface area (Å²) in [6, 6.07) is 11.8. The van der Waals surface area contributed by atoms with E-state index in [0.29, 0.717) is 34.7 Å². The summed E-state index contributed by atoms with van der Waals surface area (Å²) >= 11 is 0. The number of aryl methyl sites for hydroxylation is 12. The van der Waals surface area contributed by atoms with Crippen molar-refractivity contribution in [2.45, 2.75) is 83.1 Å². The maximum absolute atomic E-state index is 8.25. The second-order valence-electron chi connectivity index (χ2n) is 16.4. The molecule has 0 amide bonds. The van der Waals surface area contributed by atoms with Crippen molar-refractivity contribution in [3.05, 3.63) is 235 Å². The summed E-state index contributed by atoms with van der Waals surface area (Å²) in [6.45, 7) is 23.6. The molecule has 0 atom stereocenters. The van der Waals surface area contributed by atoms with Crippen molar-refractivity contribution in [3.8, 4) is 0 Å². The van der Waals surface area contributed by atoms with Crippen LogP contribution in [0.15, 0.2) is 74.4 Å². The predicted molar refractivity (Wildman–Crippen MR) is 333 cm³/mol. The van der Waals surface area contributed by atoms with E-state index in [1.807, 2.05) is 119 Å². The van der Waals surface area contributed by atoms with E-state index in [-0.39, 0.29) is 109 Å². The Morgan fingerprint density at radius 2 is 0.327 bits per heavy atom. The van der Waals surface area contributed by atoms with E-state index < -0.39 is 30.5 Å². The van der Waals surface area contributed by atoms with Gasteiger partial charge in [0, 0.05) is 68.3 Å². The zero-order valence-corrected chi connectivity index (χ0v) is 56.8. The van der Waals surface area contributed by atoms with Crippen LogP contribution in [0, 0.1) is 251 Å². The van der Waals surface area contributed by atoms with Gasteiger partial charge in [0.2, 0.25) is 0 Å². The molecule has 12 aromatic rings. The first-order valence-corrected chi connectivity index (χ1v) is 23.8. The van der Waals surface area contributed by atoms with Crippen molar-refractivity contribution in [1.82, 2.24) is 117 Å². The molecule has 12 rings (SSSR count). The topological polar surface area (TPSA) is 854 Å². The van der Waals surface area contributed by atoms with E-state index in [2.05, 4.69) is 90.4 Å². The van der Waals surface area contributed by atoms with Gasteiger partial charge in [0.15, 0.2) is 0 Å². The second-order valence-corrected chi connectivity index (χ2v) is 16.4. The smallest absolute Gasteiger partial charge is 0.457 e. The molecule has 0 aromatic carbocycles. The van der Waals surface area contributed by atoms with Crippen molar-refractivity contribution >= 4 is 34.7 Å². The van der Waals surface area contributed by atoms with Crippen LogP contribution in [-0.4, -0.2) is 148 Å². The Labute approximate surface area is 605 Å². The van der Waals surface area contributed by atoms with Gasteiger partial charge in [-0.1, -0.05) is 0 Å². The molecule has 0 saturated carbocycles. The normalized spacial score (nSPS) is 8.69. The SMILES string of the molecule is Cc1cc(C)n2ncnc2n1.Cc1cc(C)n2ncnc2n1.Cc1cc(C)n2ncnc2n1.Cc1cc(C)n2ncnc2n1.Cc1cc(C)n2ncnc2n1.Cc1cc(C)n2ncnc2n1.O=[N+]([O-])[O-].O=[N+]([O-])[O-].O=[N+]([O-])[O-].O=[N+]([O-])[O-].O=[N+]([O-])[O-].O=[N+]([O-])[O-].[Dy+3].[Dy+3].[OH3+].[OH3+].[OH3+].[OH3+].[OH3+].[OH3+]. The maximum atomic E-state index is 8.25. The standard InChI is InChI=1S/6C7H8N4.2Dy.6NO3.6H2O/c6*1-5-3-6(2)11-7(10-5)8-4-9-11;;;6*2-1(3)4;;;;;;/h6*3-4H,1-2H3;;;;;;;;;6*1H2/q;;;;;;2*+3;6*-1;;;;;;/p+6. The van der Waals surface area contributed by atoms with Gasteiger partial charge >= 0.3 is 76.3 Å². The second kappa shape index (κ2) is 52.1. The quantitative estimate of drug-likeness (QED) is 0.0859. The monoisotopic (exact) mass is 1700 g/mol. The number of fused-ring (bicyclic) bond motifs is 6. The molecule has 0 aliphatic carbocycles. The molecule has 98 heavy (non-hydrogen) atoms. The first-order valence-electron chi connectivity index (χ1n) is 23.8. The van der Waals surface area contributed by atoms with Gasteiger partial charge in [-0.15, -0.1) is 0 Å². The zero-order chi connectivity index (χ0) is 68.5. The Morgan fingerprint density at radius 3 is 0.418 bits per heavy atom. The van der Waals surface area contributed by atoms with E-state index >= 15 is 0 Å². The molecular formula is C42H66Dy2N30O24+6. The van der Waals surface area contributed by atoms with Crippen LogP contribution in [0.1, 0.15) is 68.3 Å². The van der Waals surface area contributed by atoms with Crippen LogP contribution in [0.2, 0.25) is 0 Å². The molecule has 0 saturated heterocycles. The summed E-state index contributed by atoms with van der Waals surface area (Å²) in [5, 5.41) is 113. The summed E-state index contributed by atoms with van der Waals surface area (Å²) in [7, 11) is 0. The van der Waals surface area contributed by atoms with Crippen molar-refractivity contribution in [3.63, 3.8) is 0 Å². The van der Waals surface area contributed by atoms with Crippen LogP contribution in [0.25, 0.3) is 34.7 Å². The minimum Gasteiger partial charge on any atom is -0.457 e.